The Bertz CT molecular complexity index is 598. The van der Waals surface area contributed by atoms with Gasteiger partial charge < -0.3 is 5.32 Å². The largest absolute Gasteiger partial charge is 0.316 e. The third-order valence-electron chi connectivity index (χ3n) is 4.43. The molecule has 0 amide bonds. The Morgan fingerprint density at radius 1 is 1.33 bits per heavy atom. The Balaban J connectivity index is 2.38. The van der Waals surface area contributed by atoms with Crippen LogP contribution in [0.15, 0.2) is 23.1 Å². The SMILES string of the molecule is CNCc1cccc(S(=O)(=O)N2CCC(C)CC2C)c1C. The molecule has 2 unspecified atom stereocenters. The van der Waals surface area contributed by atoms with Crippen LogP contribution in [0.4, 0.5) is 0 Å². The monoisotopic (exact) mass is 310 g/mol. The van der Waals surface area contributed by atoms with Crippen molar-refractivity contribution in [3.05, 3.63) is 29.3 Å². The molecule has 5 heteroatoms. The molecule has 0 aliphatic carbocycles. The van der Waals surface area contributed by atoms with Crippen molar-refractivity contribution in [3.8, 4) is 0 Å². The lowest BCUT2D eigenvalue weighted by molar-refractivity contribution is 0.220. The minimum absolute atomic E-state index is 0.0751. The third-order valence-corrected chi connectivity index (χ3v) is 6.59. The molecule has 1 aromatic rings. The van der Waals surface area contributed by atoms with Crippen molar-refractivity contribution in [1.82, 2.24) is 9.62 Å². The molecule has 2 rings (SSSR count). The summed E-state index contributed by atoms with van der Waals surface area (Å²) in [5, 5.41) is 3.09. The highest BCUT2D eigenvalue weighted by molar-refractivity contribution is 7.89. The molecule has 0 bridgehead atoms. The van der Waals surface area contributed by atoms with Crippen molar-refractivity contribution in [3.63, 3.8) is 0 Å². The summed E-state index contributed by atoms with van der Waals surface area (Å²) in [6, 6.07) is 5.62. The molecule has 1 aliphatic heterocycles. The quantitative estimate of drug-likeness (QED) is 0.929. The highest BCUT2D eigenvalue weighted by Gasteiger charge is 2.34. The summed E-state index contributed by atoms with van der Waals surface area (Å²) in [6.45, 7) is 7.41. The Morgan fingerprint density at radius 2 is 2.05 bits per heavy atom. The fraction of sp³-hybridized carbons (Fsp3) is 0.625. The van der Waals surface area contributed by atoms with E-state index in [0.29, 0.717) is 23.9 Å². The van der Waals surface area contributed by atoms with E-state index >= 15 is 0 Å². The van der Waals surface area contributed by atoms with Gasteiger partial charge in [0.15, 0.2) is 0 Å². The van der Waals surface area contributed by atoms with E-state index in [1.54, 1.807) is 10.4 Å². The fourth-order valence-corrected chi connectivity index (χ4v) is 5.12. The molecular formula is C16H26N2O2S. The zero-order valence-electron chi connectivity index (χ0n) is 13.4. The van der Waals surface area contributed by atoms with E-state index < -0.39 is 10.0 Å². The second-order valence-electron chi connectivity index (χ2n) is 6.16. The highest BCUT2D eigenvalue weighted by Crippen LogP contribution is 2.30. The van der Waals surface area contributed by atoms with Gasteiger partial charge >= 0.3 is 0 Å². The topological polar surface area (TPSA) is 49.4 Å². The van der Waals surface area contributed by atoms with Crippen molar-refractivity contribution >= 4 is 10.0 Å². The number of piperidine rings is 1. The molecule has 0 aromatic heterocycles. The fourth-order valence-electron chi connectivity index (χ4n) is 3.19. The van der Waals surface area contributed by atoms with Crippen LogP contribution in [0.1, 0.15) is 37.8 Å². The number of nitrogens with one attached hydrogen (secondary N) is 1. The number of benzene rings is 1. The Labute approximate surface area is 128 Å². The van der Waals surface area contributed by atoms with E-state index in [1.807, 2.05) is 33.0 Å². The summed E-state index contributed by atoms with van der Waals surface area (Å²) >= 11 is 0. The summed E-state index contributed by atoms with van der Waals surface area (Å²) in [5.74, 6) is 0.600. The molecule has 1 heterocycles. The number of sulfonamides is 1. The average Bonchev–Trinajstić information content (AvgIpc) is 2.40. The Morgan fingerprint density at radius 3 is 2.67 bits per heavy atom. The number of nitrogens with zero attached hydrogens (tertiary/aromatic N) is 1. The molecule has 1 saturated heterocycles. The molecule has 21 heavy (non-hydrogen) atoms. The second kappa shape index (κ2) is 6.46. The Kier molecular flexibility index (Phi) is 5.07. The minimum Gasteiger partial charge on any atom is -0.316 e. The van der Waals surface area contributed by atoms with Crippen molar-refractivity contribution in [2.24, 2.45) is 5.92 Å². The van der Waals surface area contributed by atoms with Crippen LogP contribution in [0.3, 0.4) is 0 Å². The highest BCUT2D eigenvalue weighted by atomic mass is 32.2. The summed E-state index contributed by atoms with van der Waals surface area (Å²) in [7, 11) is -1.53. The van der Waals surface area contributed by atoms with Crippen molar-refractivity contribution < 1.29 is 8.42 Å². The second-order valence-corrected chi connectivity index (χ2v) is 8.02. The number of hydrogen-bond donors (Lipinski definition) is 1. The predicted octanol–water partition coefficient (Wildman–Crippen LogP) is 2.52. The molecule has 1 aromatic carbocycles. The van der Waals surface area contributed by atoms with Crippen LogP contribution >= 0.6 is 0 Å². The van der Waals surface area contributed by atoms with Crippen LogP contribution in [0.5, 0.6) is 0 Å². The van der Waals surface area contributed by atoms with Gasteiger partial charge in [0, 0.05) is 19.1 Å². The lowest BCUT2D eigenvalue weighted by Gasteiger charge is -2.35. The Hall–Kier alpha value is -0.910. The van der Waals surface area contributed by atoms with Crippen LogP contribution < -0.4 is 5.32 Å². The van der Waals surface area contributed by atoms with Crippen LogP contribution in [-0.2, 0) is 16.6 Å². The van der Waals surface area contributed by atoms with E-state index in [9.17, 15) is 8.42 Å². The molecule has 4 nitrogen and oxygen atoms in total. The van der Waals surface area contributed by atoms with E-state index in [-0.39, 0.29) is 6.04 Å². The van der Waals surface area contributed by atoms with Gasteiger partial charge in [0.05, 0.1) is 4.90 Å². The lowest BCUT2D eigenvalue weighted by atomic mass is 9.95. The summed E-state index contributed by atoms with van der Waals surface area (Å²) < 4.78 is 27.7. The molecule has 1 N–H and O–H groups in total. The van der Waals surface area contributed by atoms with Gasteiger partial charge in [0.1, 0.15) is 0 Å². The molecular weight excluding hydrogens is 284 g/mol. The minimum atomic E-state index is -3.40. The molecule has 0 radical (unpaired) electrons. The first-order valence-electron chi connectivity index (χ1n) is 7.63. The van der Waals surface area contributed by atoms with Gasteiger partial charge in [-0.15, -0.1) is 0 Å². The molecule has 2 atom stereocenters. The van der Waals surface area contributed by atoms with Crippen LogP contribution in [0.2, 0.25) is 0 Å². The first kappa shape index (κ1) is 16.5. The van der Waals surface area contributed by atoms with Crippen molar-refractivity contribution in [1.29, 1.82) is 0 Å². The standard InChI is InChI=1S/C16H26N2O2S/c1-12-8-9-18(13(2)10-12)21(19,20)16-7-5-6-15(11-17-4)14(16)3/h5-7,12-13,17H,8-11H2,1-4H3. The number of rotatable bonds is 4. The van der Waals surface area contributed by atoms with Gasteiger partial charge in [-0.05, 0) is 56.8 Å². The van der Waals surface area contributed by atoms with Gasteiger partial charge in [0.25, 0.3) is 0 Å². The zero-order valence-corrected chi connectivity index (χ0v) is 14.2. The van der Waals surface area contributed by atoms with E-state index in [1.165, 1.54) is 0 Å². The van der Waals surface area contributed by atoms with Crippen LogP contribution in [-0.4, -0.2) is 32.4 Å². The third kappa shape index (κ3) is 3.30. The summed E-state index contributed by atoms with van der Waals surface area (Å²) in [5.41, 5.74) is 1.90. The van der Waals surface area contributed by atoms with E-state index in [0.717, 1.165) is 24.0 Å². The molecule has 0 saturated carbocycles. The maximum atomic E-state index is 13.0. The zero-order chi connectivity index (χ0) is 15.6. The van der Waals surface area contributed by atoms with E-state index in [2.05, 4.69) is 12.2 Å². The first-order valence-corrected chi connectivity index (χ1v) is 9.07. The average molecular weight is 310 g/mol. The first-order chi connectivity index (χ1) is 9.87. The molecule has 1 fully saturated rings. The lowest BCUT2D eigenvalue weighted by Crippen LogP contribution is -2.44. The van der Waals surface area contributed by atoms with Crippen LogP contribution in [0, 0.1) is 12.8 Å². The predicted molar refractivity (Wildman–Crippen MR) is 85.7 cm³/mol. The van der Waals surface area contributed by atoms with Crippen molar-refractivity contribution in [2.45, 2.75) is 51.1 Å². The van der Waals surface area contributed by atoms with Crippen molar-refractivity contribution in [2.75, 3.05) is 13.6 Å². The maximum absolute atomic E-state index is 13.0. The normalized spacial score (nSPS) is 24.2. The van der Waals surface area contributed by atoms with Gasteiger partial charge in [0.2, 0.25) is 10.0 Å². The van der Waals surface area contributed by atoms with E-state index in [4.69, 9.17) is 0 Å². The molecule has 0 spiro atoms. The van der Waals surface area contributed by atoms with Crippen LogP contribution in [0.25, 0.3) is 0 Å². The van der Waals surface area contributed by atoms with Gasteiger partial charge in [-0.2, -0.15) is 4.31 Å². The molecule has 118 valence electrons. The smallest absolute Gasteiger partial charge is 0.243 e. The van der Waals surface area contributed by atoms with Gasteiger partial charge in [-0.1, -0.05) is 19.1 Å². The number of hydrogen-bond acceptors (Lipinski definition) is 3. The van der Waals surface area contributed by atoms with Gasteiger partial charge in [-0.25, -0.2) is 8.42 Å². The van der Waals surface area contributed by atoms with Gasteiger partial charge in [-0.3, -0.25) is 0 Å². The maximum Gasteiger partial charge on any atom is 0.243 e. The summed E-state index contributed by atoms with van der Waals surface area (Å²) in [6.07, 6.45) is 1.88. The summed E-state index contributed by atoms with van der Waals surface area (Å²) in [4.78, 5) is 0.455. The molecule has 1 aliphatic rings.